The Morgan fingerprint density at radius 3 is 2.18 bits per heavy atom. The first-order valence-corrected chi connectivity index (χ1v) is 16.9. The lowest BCUT2D eigenvalue weighted by Gasteiger charge is -2.39. The van der Waals surface area contributed by atoms with E-state index >= 15 is 9.59 Å². The predicted octanol–water partition coefficient (Wildman–Crippen LogP) is 4.80. The number of fused-ring (bicyclic) bond motifs is 1. The number of aliphatic hydroxyl groups excluding tert-OH is 1. The van der Waals surface area contributed by atoms with E-state index < -0.39 is 35.1 Å². The van der Waals surface area contributed by atoms with Gasteiger partial charge >= 0.3 is 0 Å². The molecule has 3 aliphatic rings. The quantitative estimate of drug-likeness (QED) is 0.249. The molecule has 6 atom stereocenters. The number of rotatable bonds is 14. The van der Waals surface area contributed by atoms with Crippen LogP contribution in [-0.4, -0.2) is 82.7 Å². The maximum Gasteiger partial charge on any atom is 0.253 e. The summed E-state index contributed by atoms with van der Waals surface area (Å²) in [6.45, 7) is 10.1. The van der Waals surface area contributed by atoms with E-state index in [1.165, 1.54) is 0 Å². The van der Waals surface area contributed by atoms with Crippen LogP contribution >= 0.6 is 0 Å². The molecule has 3 amide bonds. The van der Waals surface area contributed by atoms with Crippen molar-refractivity contribution in [2.45, 2.75) is 56.0 Å². The highest BCUT2D eigenvalue weighted by Crippen LogP contribution is 2.64. The van der Waals surface area contributed by atoms with Gasteiger partial charge in [-0.15, -0.1) is 13.2 Å². The summed E-state index contributed by atoms with van der Waals surface area (Å²) in [5.74, 6) is -2.01. The average Bonchev–Trinajstić information content (AvgIpc) is 3.70. The fraction of sp³-hybridized carbons (Fsp3) is 0.375. The summed E-state index contributed by atoms with van der Waals surface area (Å²) in [5, 5.41) is 10.9. The molecule has 3 aromatic rings. The number of hydrogen-bond acceptors (Lipinski definition) is 6. The smallest absolute Gasteiger partial charge is 0.253 e. The summed E-state index contributed by atoms with van der Waals surface area (Å²) in [6.07, 6.45) is 4.58. The van der Waals surface area contributed by atoms with Crippen LogP contribution in [0.1, 0.15) is 30.9 Å². The number of methoxy groups -OCH3 is 1. The van der Waals surface area contributed by atoms with Gasteiger partial charge in [0.15, 0.2) is 0 Å². The Labute approximate surface area is 288 Å². The minimum absolute atomic E-state index is 0.177. The number of benzene rings is 3. The second-order valence-corrected chi connectivity index (χ2v) is 13.4. The van der Waals surface area contributed by atoms with Crippen LogP contribution in [0.5, 0.6) is 5.75 Å². The number of carbonyl (C=O) groups excluding carboxylic acids is 3. The maximum atomic E-state index is 15.1. The number of ether oxygens (including phenoxy) is 2. The van der Waals surface area contributed by atoms with E-state index in [1.807, 2.05) is 67.6 Å². The van der Waals surface area contributed by atoms with E-state index in [0.29, 0.717) is 37.2 Å². The lowest BCUT2D eigenvalue weighted by Crippen LogP contribution is -2.59. The Morgan fingerprint density at radius 1 is 0.959 bits per heavy atom. The molecule has 6 rings (SSSR count). The maximum absolute atomic E-state index is 15.1. The molecule has 3 aliphatic heterocycles. The molecular weight excluding hydrogens is 618 g/mol. The van der Waals surface area contributed by atoms with Gasteiger partial charge in [-0.05, 0) is 61.6 Å². The second kappa shape index (κ2) is 14.0. The predicted molar refractivity (Wildman–Crippen MR) is 188 cm³/mol. The van der Waals surface area contributed by atoms with Gasteiger partial charge in [-0.3, -0.25) is 14.4 Å². The first-order valence-electron chi connectivity index (χ1n) is 16.9. The zero-order valence-corrected chi connectivity index (χ0v) is 28.2. The monoisotopic (exact) mass is 663 g/mol. The van der Waals surface area contributed by atoms with Crippen molar-refractivity contribution in [3.8, 4) is 5.75 Å². The molecule has 0 saturated carbocycles. The Morgan fingerprint density at radius 2 is 1.59 bits per heavy atom. The molecule has 3 fully saturated rings. The largest absolute Gasteiger partial charge is 0.497 e. The highest BCUT2D eigenvalue weighted by molar-refractivity contribution is 6.05. The molecule has 3 aromatic carbocycles. The zero-order chi connectivity index (χ0) is 34.8. The van der Waals surface area contributed by atoms with E-state index in [1.54, 1.807) is 58.2 Å². The Bertz CT molecular complexity index is 1680. The number of nitrogens with zero attached hydrogens (tertiary/aromatic N) is 3. The van der Waals surface area contributed by atoms with Crippen LogP contribution < -0.4 is 9.64 Å². The molecule has 0 aromatic heterocycles. The Balaban J connectivity index is 1.44. The van der Waals surface area contributed by atoms with Crippen molar-refractivity contribution >= 4 is 23.4 Å². The van der Waals surface area contributed by atoms with E-state index in [4.69, 9.17) is 9.47 Å². The van der Waals surface area contributed by atoms with Crippen molar-refractivity contribution in [3.05, 3.63) is 121 Å². The van der Waals surface area contributed by atoms with E-state index in [-0.39, 0.29) is 37.4 Å². The van der Waals surface area contributed by atoms with Gasteiger partial charge in [-0.25, -0.2) is 0 Å². The minimum Gasteiger partial charge on any atom is -0.497 e. The lowest BCUT2D eigenvalue weighted by atomic mass is 9.66. The SMILES string of the molecule is C=CCN(Cc1ccccc1)C(=O)[C@H]1[C@H]2C(=O)N([C@@H](CO)Cc3ccccc3)C(C(=O)N(CC=C)c3ccc(OC)cc3)C23CC[C@]1(C)O3. The van der Waals surface area contributed by atoms with Gasteiger partial charge in [-0.1, -0.05) is 72.8 Å². The summed E-state index contributed by atoms with van der Waals surface area (Å²) in [5.41, 5.74) is 0.240. The van der Waals surface area contributed by atoms with Gasteiger partial charge in [0.25, 0.3) is 5.91 Å². The fourth-order valence-electron chi connectivity index (χ4n) is 8.30. The first kappa shape index (κ1) is 34.1. The zero-order valence-electron chi connectivity index (χ0n) is 28.2. The molecule has 9 nitrogen and oxygen atoms in total. The van der Waals surface area contributed by atoms with Gasteiger partial charge in [0.2, 0.25) is 11.8 Å². The summed E-state index contributed by atoms with van der Waals surface area (Å²) >= 11 is 0. The number of carbonyl (C=O) groups is 3. The number of anilines is 1. The standard InChI is InChI=1S/C40H45N3O6/c1-5-23-41(26-29-15-11-8-12-16-29)36(45)33-34-37(46)43(31(27-44)25-28-13-9-7-10-14-28)35(40(34)22-21-39(33,3)49-40)38(47)42(24-6-2)30-17-19-32(48-4)20-18-30/h5-20,31,33-35,44H,1-2,21-27H2,3-4H3/t31-,33-,34+,35?,39+,40?/m1/s1. The number of aliphatic hydroxyl groups is 1. The van der Waals surface area contributed by atoms with Crippen LogP contribution in [0.2, 0.25) is 0 Å². The van der Waals surface area contributed by atoms with Gasteiger partial charge in [0, 0.05) is 25.3 Å². The molecule has 2 unspecified atom stereocenters. The van der Waals surface area contributed by atoms with Gasteiger partial charge in [0.1, 0.15) is 17.4 Å². The molecule has 0 radical (unpaired) electrons. The third-order valence-corrected chi connectivity index (χ3v) is 10.5. The molecule has 0 aliphatic carbocycles. The van der Waals surface area contributed by atoms with Crippen LogP contribution in [0, 0.1) is 11.8 Å². The summed E-state index contributed by atoms with van der Waals surface area (Å²) < 4.78 is 12.3. The summed E-state index contributed by atoms with van der Waals surface area (Å²) in [7, 11) is 1.58. The molecule has 49 heavy (non-hydrogen) atoms. The highest BCUT2D eigenvalue weighted by atomic mass is 16.5. The molecule has 256 valence electrons. The fourth-order valence-corrected chi connectivity index (χ4v) is 8.30. The highest BCUT2D eigenvalue weighted by Gasteiger charge is 2.79. The summed E-state index contributed by atoms with van der Waals surface area (Å²) in [4.78, 5) is 49.7. The molecule has 2 bridgehead atoms. The van der Waals surface area contributed by atoms with Crippen LogP contribution in [-0.2, 0) is 32.1 Å². The average molecular weight is 664 g/mol. The number of amides is 3. The topological polar surface area (TPSA) is 99.6 Å². The Kier molecular flexibility index (Phi) is 9.77. The molecule has 3 heterocycles. The van der Waals surface area contributed by atoms with Crippen molar-refractivity contribution in [2.75, 3.05) is 31.7 Å². The first-order chi connectivity index (χ1) is 23.7. The van der Waals surface area contributed by atoms with Gasteiger partial charge in [0.05, 0.1) is 37.2 Å². The van der Waals surface area contributed by atoms with Crippen molar-refractivity contribution in [3.63, 3.8) is 0 Å². The number of likely N-dealkylation sites (tertiary alicyclic amines) is 1. The lowest BCUT2D eigenvalue weighted by molar-refractivity contribution is -0.152. The normalized spacial score (nSPS) is 25.8. The van der Waals surface area contributed by atoms with Crippen LogP contribution in [0.3, 0.4) is 0 Å². The van der Waals surface area contributed by atoms with Crippen molar-refractivity contribution in [1.29, 1.82) is 0 Å². The molecule has 9 heteroatoms. The van der Waals surface area contributed by atoms with E-state index in [0.717, 1.165) is 11.1 Å². The van der Waals surface area contributed by atoms with Crippen molar-refractivity contribution in [2.24, 2.45) is 11.8 Å². The number of hydrogen-bond donors (Lipinski definition) is 1. The van der Waals surface area contributed by atoms with Crippen molar-refractivity contribution in [1.82, 2.24) is 9.80 Å². The van der Waals surface area contributed by atoms with E-state index in [9.17, 15) is 9.90 Å². The van der Waals surface area contributed by atoms with Crippen LogP contribution in [0.25, 0.3) is 0 Å². The van der Waals surface area contributed by atoms with E-state index in [2.05, 4.69) is 13.2 Å². The van der Waals surface area contributed by atoms with Gasteiger partial charge in [-0.2, -0.15) is 0 Å². The van der Waals surface area contributed by atoms with Crippen LogP contribution in [0.15, 0.2) is 110 Å². The third-order valence-electron chi connectivity index (χ3n) is 10.5. The van der Waals surface area contributed by atoms with Crippen LogP contribution in [0.4, 0.5) is 5.69 Å². The summed E-state index contributed by atoms with van der Waals surface area (Å²) in [6, 6.07) is 24.6. The van der Waals surface area contributed by atoms with Crippen molar-refractivity contribution < 1.29 is 29.0 Å². The minimum atomic E-state index is -1.27. The molecule has 3 saturated heterocycles. The third kappa shape index (κ3) is 6.06. The van der Waals surface area contributed by atoms with Gasteiger partial charge < -0.3 is 29.3 Å². The molecular formula is C40H45N3O6. The Hall–Kier alpha value is -4.73. The second-order valence-electron chi connectivity index (χ2n) is 13.4. The molecule has 1 N–H and O–H groups in total. The molecule has 1 spiro atoms.